The SMILES string of the molecule is CCCCC/C=C\CCCCCC(O)CC(=O)NC(CO)C(O)/C=C/CC/C=C/CC/C=C/CCCCCCCCCCC. The maximum Gasteiger partial charge on any atom is 0.222 e. The van der Waals surface area contributed by atoms with Crippen molar-refractivity contribution in [2.45, 2.75) is 186 Å². The second-order valence-electron chi connectivity index (χ2n) is 12.5. The Labute approximate surface area is 272 Å². The Kier molecular flexibility index (Phi) is 32.9. The number of unbranched alkanes of at least 4 members (excludes halogenated alkanes) is 17. The zero-order valence-corrected chi connectivity index (χ0v) is 28.8. The Hall–Kier alpha value is -1.69. The Balaban J connectivity index is 3.84. The number of rotatable bonds is 32. The van der Waals surface area contributed by atoms with Crippen molar-refractivity contribution in [3.05, 3.63) is 48.6 Å². The quantitative estimate of drug-likeness (QED) is 0.0447. The molecule has 256 valence electrons. The molecular weight excluding hydrogens is 546 g/mol. The molecule has 0 aliphatic rings. The van der Waals surface area contributed by atoms with Crippen LogP contribution in [-0.2, 0) is 4.79 Å². The van der Waals surface area contributed by atoms with Crippen molar-refractivity contribution >= 4 is 5.91 Å². The molecule has 3 atom stereocenters. The highest BCUT2D eigenvalue weighted by molar-refractivity contribution is 5.76. The van der Waals surface area contributed by atoms with Crippen LogP contribution >= 0.6 is 0 Å². The first kappa shape index (κ1) is 42.3. The van der Waals surface area contributed by atoms with Crippen LogP contribution in [-0.4, -0.2) is 46.1 Å². The summed E-state index contributed by atoms with van der Waals surface area (Å²) in [7, 11) is 0. The normalized spacial score (nSPS) is 14.4. The van der Waals surface area contributed by atoms with E-state index in [1.54, 1.807) is 6.08 Å². The molecule has 1 amide bonds. The van der Waals surface area contributed by atoms with Gasteiger partial charge in [-0.1, -0.05) is 140 Å². The van der Waals surface area contributed by atoms with Gasteiger partial charge in [-0.3, -0.25) is 4.79 Å². The van der Waals surface area contributed by atoms with Gasteiger partial charge in [0.1, 0.15) is 0 Å². The van der Waals surface area contributed by atoms with E-state index < -0.39 is 18.2 Å². The van der Waals surface area contributed by atoms with Gasteiger partial charge >= 0.3 is 0 Å². The Morgan fingerprint density at radius 3 is 1.50 bits per heavy atom. The molecule has 44 heavy (non-hydrogen) atoms. The maximum atomic E-state index is 12.3. The van der Waals surface area contributed by atoms with Gasteiger partial charge in [-0.15, -0.1) is 0 Å². The molecule has 0 aromatic heterocycles. The lowest BCUT2D eigenvalue weighted by Crippen LogP contribution is -2.45. The third-order valence-electron chi connectivity index (χ3n) is 8.07. The predicted molar refractivity (Wildman–Crippen MR) is 190 cm³/mol. The van der Waals surface area contributed by atoms with E-state index in [4.69, 9.17) is 0 Å². The summed E-state index contributed by atoms with van der Waals surface area (Å²) in [6.45, 7) is 4.13. The van der Waals surface area contributed by atoms with E-state index >= 15 is 0 Å². The van der Waals surface area contributed by atoms with Gasteiger partial charge < -0.3 is 20.6 Å². The molecule has 0 heterocycles. The van der Waals surface area contributed by atoms with Gasteiger partial charge in [0.15, 0.2) is 0 Å². The molecule has 0 aliphatic heterocycles. The molecule has 0 saturated heterocycles. The van der Waals surface area contributed by atoms with Crippen LogP contribution in [0.15, 0.2) is 48.6 Å². The highest BCUT2D eigenvalue weighted by Gasteiger charge is 2.20. The minimum absolute atomic E-state index is 0.0104. The van der Waals surface area contributed by atoms with Crippen molar-refractivity contribution < 1.29 is 20.1 Å². The van der Waals surface area contributed by atoms with Crippen molar-refractivity contribution in [2.24, 2.45) is 0 Å². The Morgan fingerprint density at radius 2 is 0.977 bits per heavy atom. The van der Waals surface area contributed by atoms with Crippen molar-refractivity contribution in [3.8, 4) is 0 Å². The summed E-state index contributed by atoms with van der Waals surface area (Å²) < 4.78 is 0. The first-order valence-corrected chi connectivity index (χ1v) is 18.4. The van der Waals surface area contributed by atoms with Gasteiger partial charge in [-0.25, -0.2) is 0 Å². The molecular formula is C39H71NO4. The molecule has 0 spiro atoms. The molecule has 0 fully saturated rings. The van der Waals surface area contributed by atoms with E-state index in [1.165, 1.54) is 83.5 Å². The largest absolute Gasteiger partial charge is 0.394 e. The molecule has 0 saturated carbocycles. The molecule has 0 aliphatic carbocycles. The fourth-order valence-corrected chi connectivity index (χ4v) is 5.19. The van der Waals surface area contributed by atoms with Crippen molar-refractivity contribution in [1.82, 2.24) is 5.32 Å². The monoisotopic (exact) mass is 618 g/mol. The highest BCUT2D eigenvalue weighted by atomic mass is 16.3. The smallest absolute Gasteiger partial charge is 0.222 e. The number of carbonyl (C=O) groups excluding carboxylic acids is 1. The molecule has 5 heteroatoms. The molecule has 0 bridgehead atoms. The van der Waals surface area contributed by atoms with Crippen LogP contribution in [0.25, 0.3) is 0 Å². The van der Waals surface area contributed by atoms with Crippen LogP contribution in [0.4, 0.5) is 0 Å². The molecule has 0 rings (SSSR count). The number of aliphatic hydroxyl groups excluding tert-OH is 3. The zero-order valence-electron chi connectivity index (χ0n) is 28.8. The van der Waals surface area contributed by atoms with E-state index in [0.29, 0.717) is 6.42 Å². The van der Waals surface area contributed by atoms with E-state index in [2.05, 4.69) is 55.6 Å². The number of aliphatic hydroxyl groups is 3. The lowest BCUT2D eigenvalue weighted by molar-refractivity contribution is -0.124. The topological polar surface area (TPSA) is 89.8 Å². The molecule has 0 radical (unpaired) electrons. The Morgan fingerprint density at radius 1 is 0.568 bits per heavy atom. The van der Waals surface area contributed by atoms with Crippen LogP contribution < -0.4 is 5.32 Å². The molecule has 5 nitrogen and oxygen atoms in total. The summed E-state index contributed by atoms with van der Waals surface area (Å²) >= 11 is 0. The maximum absolute atomic E-state index is 12.3. The number of allylic oxidation sites excluding steroid dienone is 7. The number of hydrogen-bond donors (Lipinski definition) is 4. The summed E-state index contributed by atoms with van der Waals surface area (Å²) in [6.07, 6.45) is 42.4. The molecule has 0 aromatic carbocycles. The van der Waals surface area contributed by atoms with Crippen LogP contribution in [0.5, 0.6) is 0 Å². The van der Waals surface area contributed by atoms with Crippen molar-refractivity contribution in [2.75, 3.05) is 6.61 Å². The third kappa shape index (κ3) is 30.3. The third-order valence-corrected chi connectivity index (χ3v) is 8.07. The second kappa shape index (κ2) is 34.2. The first-order chi connectivity index (χ1) is 21.5. The summed E-state index contributed by atoms with van der Waals surface area (Å²) in [6, 6.07) is -0.770. The minimum atomic E-state index is -0.962. The van der Waals surface area contributed by atoms with Gasteiger partial charge in [0.25, 0.3) is 0 Å². The highest BCUT2D eigenvalue weighted by Crippen LogP contribution is 2.12. The molecule has 3 unspecified atom stereocenters. The van der Waals surface area contributed by atoms with Gasteiger partial charge in [-0.2, -0.15) is 0 Å². The van der Waals surface area contributed by atoms with E-state index in [1.807, 2.05) is 6.08 Å². The van der Waals surface area contributed by atoms with Crippen LogP contribution in [0, 0.1) is 0 Å². The molecule has 4 N–H and O–H groups in total. The van der Waals surface area contributed by atoms with Crippen LogP contribution in [0.1, 0.15) is 168 Å². The van der Waals surface area contributed by atoms with Gasteiger partial charge in [0.2, 0.25) is 5.91 Å². The lowest BCUT2D eigenvalue weighted by Gasteiger charge is -2.20. The number of hydrogen-bond acceptors (Lipinski definition) is 4. The fourth-order valence-electron chi connectivity index (χ4n) is 5.19. The Bertz CT molecular complexity index is 730. The summed E-state index contributed by atoms with van der Waals surface area (Å²) in [5.74, 6) is -0.343. The number of carbonyl (C=O) groups is 1. The summed E-state index contributed by atoms with van der Waals surface area (Å²) in [5, 5.41) is 32.9. The lowest BCUT2D eigenvalue weighted by atomic mass is 10.1. The molecule has 0 aromatic rings. The first-order valence-electron chi connectivity index (χ1n) is 18.4. The van der Waals surface area contributed by atoms with Gasteiger partial charge in [0, 0.05) is 0 Å². The van der Waals surface area contributed by atoms with Crippen molar-refractivity contribution in [1.29, 1.82) is 0 Å². The fraction of sp³-hybridized carbons (Fsp3) is 0.769. The number of nitrogens with one attached hydrogen (secondary N) is 1. The van der Waals surface area contributed by atoms with Crippen LogP contribution in [0.3, 0.4) is 0 Å². The van der Waals surface area contributed by atoms with E-state index in [0.717, 1.165) is 57.8 Å². The number of amides is 1. The van der Waals surface area contributed by atoms with E-state index in [-0.39, 0.29) is 18.9 Å². The summed E-state index contributed by atoms with van der Waals surface area (Å²) in [5.41, 5.74) is 0. The zero-order chi connectivity index (χ0) is 32.4. The average molecular weight is 618 g/mol. The van der Waals surface area contributed by atoms with E-state index in [9.17, 15) is 20.1 Å². The minimum Gasteiger partial charge on any atom is -0.394 e. The average Bonchev–Trinajstić information content (AvgIpc) is 3.01. The van der Waals surface area contributed by atoms with Gasteiger partial charge in [-0.05, 0) is 70.6 Å². The van der Waals surface area contributed by atoms with Gasteiger partial charge in [0.05, 0.1) is 31.3 Å². The standard InChI is InChI=1S/C39H71NO4/c1-3-5-7-9-11-13-15-16-17-18-19-20-21-22-23-25-27-29-31-33-38(43)37(35-41)40-39(44)34-36(42)32-30-28-26-24-14-12-10-8-6-4-2/h12,14,19-20,23,25,31,33,36-38,41-43H,3-11,13,15-18,21-22,24,26-30,32,34-35H2,1-2H3,(H,40,44)/b14-12-,20-19+,25-23+,33-31+. The second-order valence-corrected chi connectivity index (χ2v) is 12.5. The van der Waals surface area contributed by atoms with Crippen LogP contribution in [0.2, 0.25) is 0 Å². The predicted octanol–water partition coefficient (Wildman–Crippen LogP) is 9.81. The summed E-state index contributed by atoms with van der Waals surface area (Å²) in [4.78, 5) is 12.3. The van der Waals surface area contributed by atoms with Crippen molar-refractivity contribution in [3.63, 3.8) is 0 Å².